The van der Waals surface area contributed by atoms with Gasteiger partial charge in [0.05, 0.1) is 12.1 Å². The molecule has 1 heterocycles. The average molecular weight is 386 g/mol. The van der Waals surface area contributed by atoms with Crippen LogP contribution in [0, 0.1) is 16.7 Å². The normalized spacial score (nSPS) is 17.3. The van der Waals surface area contributed by atoms with E-state index in [1.54, 1.807) is 4.90 Å². The number of nitriles is 1. The van der Waals surface area contributed by atoms with Gasteiger partial charge in [-0.2, -0.15) is 5.26 Å². The first-order chi connectivity index (χ1) is 13.1. The molecule has 1 saturated heterocycles. The smallest absolute Gasteiger partial charge is 0.317 e. The summed E-state index contributed by atoms with van der Waals surface area (Å²) in [5.41, 5.74) is 5.99. The van der Waals surface area contributed by atoms with E-state index in [4.69, 9.17) is 5.73 Å². The minimum Gasteiger partial charge on any atom is -0.336 e. The maximum Gasteiger partial charge on any atom is 0.317 e. The number of nitrogens with zero attached hydrogens (tertiary/aromatic N) is 2. The molecule has 1 atom stereocenters. The van der Waals surface area contributed by atoms with Crippen molar-refractivity contribution in [1.29, 1.82) is 5.26 Å². The Balaban J connectivity index is 1.86. The molecule has 1 aliphatic heterocycles. The lowest BCUT2D eigenvalue weighted by atomic mass is 9.86. The van der Waals surface area contributed by atoms with Crippen molar-refractivity contribution < 1.29 is 9.59 Å². The van der Waals surface area contributed by atoms with Gasteiger partial charge in [-0.25, -0.2) is 4.79 Å². The Kier molecular flexibility index (Phi) is 7.03. The topological polar surface area (TPSA) is 111 Å². The molecule has 1 aromatic carbocycles. The molecule has 7 nitrogen and oxygen atoms in total. The van der Waals surface area contributed by atoms with Gasteiger partial charge in [-0.1, -0.05) is 51.1 Å². The van der Waals surface area contributed by atoms with Crippen LogP contribution >= 0.6 is 0 Å². The van der Waals surface area contributed by atoms with Crippen LogP contribution in [-0.2, 0) is 11.3 Å². The molecule has 0 bridgehead atoms. The number of amides is 3. The Morgan fingerprint density at radius 2 is 1.86 bits per heavy atom. The molecule has 28 heavy (non-hydrogen) atoms. The summed E-state index contributed by atoms with van der Waals surface area (Å²) in [6.07, 6.45) is 1.31. The van der Waals surface area contributed by atoms with E-state index < -0.39 is 11.6 Å². The third-order valence-electron chi connectivity index (χ3n) is 4.94. The van der Waals surface area contributed by atoms with Crippen LogP contribution in [0.3, 0.4) is 0 Å². The molecule has 1 unspecified atom stereocenters. The molecule has 7 heteroatoms. The number of rotatable bonds is 5. The van der Waals surface area contributed by atoms with Gasteiger partial charge in [-0.3, -0.25) is 4.79 Å². The summed E-state index contributed by atoms with van der Waals surface area (Å²) >= 11 is 0. The van der Waals surface area contributed by atoms with Crippen LogP contribution < -0.4 is 16.4 Å². The van der Waals surface area contributed by atoms with E-state index in [9.17, 15) is 14.9 Å². The van der Waals surface area contributed by atoms with E-state index in [-0.39, 0.29) is 17.4 Å². The maximum atomic E-state index is 12.4. The highest BCUT2D eigenvalue weighted by Gasteiger charge is 2.38. The molecule has 1 fully saturated rings. The molecular weight excluding hydrogens is 354 g/mol. The molecule has 1 aromatic rings. The summed E-state index contributed by atoms with van der Waals surface area (Å²) in [5, 5.41) is 15.4. The second kappa shape index (κ2) is 9.07. The number of benzene rings is 1. The molecule has 0 saturated carbocycles. The predicted octanol–water partition coefficient (Wildman–Crippen LogP) is 2.13. The molecule has 1 aliphatic rings. The first-order valence-electron chi connectivity index (χ1n) is 9.70. The van der Waals surface area contributed by atoms with Crippen LogP contribution in [0.5, 0.6) is 0 Å². The van der Waals surface area contributed by atoms with Gasteiger partial charge in [0, 0.05) is 32.5 Å². The minimum atomic E-state index is -0.969. The average Bonchev–Trinajstić information content (AvgIpc) is 2.66. The predicted molar refractivity (Wildman–Crippen MR) is 108 cm³/mol. The van der Waals surface area contributed by atoms with Crippen LogP contribution in [0.15, 0.2) is 30.3 Å². The quantitative estimate of drug-likeness (QED) is 0.721. The number of nitrogens with two attached hydrogens (primary N) is 1. The van der Waals surface area contributed by atoms with Crippen molar-refractivity contribution in [3.8, 4) is 6.07 Å². The zero-order valence-corrected chi connectivity index (χ0v) is 17.0. The van der Waals surface area contributed by atoms with Gasteiger partial charge < -0.3 is 21.3 Å². The zero-order chi connectivity index (χ0) is 20.8. The van der Waals surface area contributed by atoms with Gasteiger partial charge in [-0.05, 0) is 17.4 Å². The van der Waals surface area contributed by atoms with Crippen LogP contribution in [0.2, 0.25) is 0 Å². The van der Waals surface area contributed by atoms with Gasteiger partial charge >= 0.3 is 6.03 Å². The van der Waals surface area contributed by atoms with Gasteiger partial charge in [-0.15, -0.1) is 0 Å². The highest BCUT2D eigenvalue weighted by molar-refractivity contribution is 5.82. The lowest BCUT2D eigenvalue weighted by molar-refractivity contribution is -0.124. The van der Waals surface area contributed by atoms with E-state index in [0.717, 1.165) is 5.56 Å². The number of hydrogen-bond donors (Lipinski definition) is 3. The van der Waals surface area contributed by atoms with Crippen LogP contribution in [0.25, 0.3) is 0 Å². The van der Waals surface area contributed by atoms with Crippen molar-refractivity contribution in [2.45, 2.75) is 58.2 Å². The molecule has 0 radical (unpaired) electrons. The molecular formula is C21H31N5O2. The fourth-order valence-corrected chi connectivity index (χ4v) is 3.32. The number of carbonyl (C=O) groups excluding carboxylic acids is 2. The Morgan fingerprint density at radius 3 is 2.39 bits per heavy atom. The van der Waals surface area contributed by atoms with Crippen molar-refractivity contribution in [2.75, 3.05) is 13.1 Å². The van der Waals surface area contributed by atoms with Crippen LogP contribution in [0.1, 0.15) is 45.6 Å². The largest absolute Gasteiger partial charge is 0.336 e. The van der Waals surface area contributed by atoms with Crippen molar-refractivity contribution in [3.05, 3.63) is 35.9 Å². The van der Waals surface area contributed by atoms with Crippen LogP contribution in [0.4, 0.5) is 4.79 Å². The van der Waals surface area contributed by atoms with Crippen molar-refractivity contribution >= 4 is 11.9 Å². The van der Waals surface area contributed by atoms with E-state index in [2.05, 4.69) is 16.7 Å². The molecule has 4 N–H and O–H groups in total. The number of nitrogens with one attached hydrogen (secondary N) is 2. The summed E-state index contributed by atoms with van der Waals surface area (Å²) in [6.45, 7) is 7.33. The molecule has 0 aliphatic carbocycles. The Hall–Kier alpha value is -2.59. The number of piperidine rings is 1. The lowest BCUT2D eigenvalue weighted by Gasteiger charge is -2.38. The molecule has 2 rings (SSSR count). The second-order valence-electron chi connectivity index (χ2n) is 8.69. The van der Waals surface area contributed by atoms with E-state index in [1.165, 1.54) is 0 Å². The van der Waals surface area contributed by atoms with Crippen molar-refractivity contribution in [2.24, 2.45) is 11.1 Å². The highest BCUT2D eigenvalue weighted by Crippen LogP contribution is 2.24. The third-order valence-corrected chi connectivity index (χ3v) is 4.94. The zero-order valence-electron chi connectivity index (χ0n) is 17.0. The third kappa shape index (κ3) is 6.24. The van der Waals surface area contributed by atoms with Gasteiger partial charge in [0.2, 0.25) is 5.91 Å². The number of carbonyl (C=O) groups is 2. The highest BCUT2D eigenvalue weighted by atomic mass is 16.2. The van der Waals surface area contributed by atoms with Gasteiger partial charge in [0.25, 0.3) is 0 Å². The summed E-state index contributed by atoms with van der Waals surface area (Å²) in [4.78, 5) is 26.5. The first-order valence-corrected chi connectivity index (χ1v) is 9.70. The molecule has 0 aromatic heterocycles. The summed E-state index contributed by atoms with van der Waals surface area (Å²) in [6, 6.07) is 11.1. The first kappa shape index (κ1) is 21.7. The summed E-state index contributed by atoms with van der Waals surface area (Å²) in [7, 11) is 0. The van der Waals surface area contributed by atoms with Crippen molar-refractivity contribution in [1.82, 2.24) is 15.5 Å². The number of likely N-dealkylation sites (tertiary alicyclic amines) is 1. The summed E-state index contributed by atoms with van der Waals surface area (Å²) < 4.78 is 0. The summed E-state index contributed by atoms with van der Waals surface area (Å²) in [5.74, 6) is -0.307. The molecule has 3 amide bonds. The second-order valence-corrected chi connectivity index (χ2v) is 8.69. The maximum absolute atomic E-state index is 12.4. The standard InChI is InChI=1S/C21H31N5O2/c1-20(2,3)13-17(23)18(27)25-21(15-22)9-11-26(12-10-21)19(28)24-14-16-7-5-4-6-8-16/h4-8,17H,9-14,23H2,1-3H3,(H,24,28)(H,25,27). The van der Waals surface area contributed by atoms with Crippen LogP contribution in [-0.4, -0.2) is 41.5 Å². The molecule has 152 valence electrons. The SMILES string of the molecule is CC(C)(C)CC(N)C(=O)NC1(C#N)CCN(C(=O)NCc2ccccc2)CC1. The Labute approximate surface area is 167 Å². The monoisotopic (exact) mass is 385 g/mol. The van der Waals surface area contributed by atoms with E-state index >= 15 is 0 Å². The van der Waals surface area contributed by atoms with E-state index in [0.29, 0.717) is 38.9 Å². The fraction of sp³-hybridized carbons (Fsp3) is 0.571. The Morgan fingerprint density at radius 1 is 1.25 bits per heavy atom. The van der Waals surface area contributed by atoms with E-state index in [1.807, 2.05) is 51.1 Å². The van der Waals surface area contributed by atoms with Crippen molar-refractivity contribution in [3.63, 3.8) is 0 Å². The minimum absolute atomic E-state index is 0.0726. The van der Waals surface area contributed by atoms with Gasteiger partial charge in [0.15, 0.2) is 0 Å². The fourth-order valence-electron chi connectivity index (χ4n) is 3.32. The lowest BCUT2D eigenvalue weighted by Crippen LogP contribution is -2.59. The Bertz CT molecular complexity index is 713. The number of urea groups is 1. The van der Waals surface area contributed by atoms with Gasteiger partial charge in [0.1, 0.15) is 5.54 Å². The molecule has 0 spiro atoms. The number of hydrogen-bond acceptors (Lipinski definition) is 4.